The topological polar surface area (TPSA) is 94.4 Å². The molecular weight excluding hydrogens is 440 g/mol. The molecule has 1 aliphatic rings. The molecule has 0 bridgehead atoms. The summed E-state index contributed by atoms with van der Waals surface area (Å²) in [6.45, 7) is 5.09. The summed E-state index contributed by atoms with van der Waals surface area (Å²) in [5.74, 6) is 2.88. The van der Waals surface area contributed by atoms with Crippen molar-refractivity contribution < 1.29 is 14.3 Å². The van der Waals surface area contributed by atoms with E-state index >= 15 is 0 Å². The molecule has 1 aliphatic heterocycles. The summed E-state index contributed by atoms with van der Waals surface area (Å²) < 4.78 is 12.4. The minimum Gasteiger partial charge on any atom is -0.497 e. The van der Waals surface area contributed by atoms with Crippen molar-refractivity contribution in [2.75, 3.05) is 44.5 Å². The smallest absolute Gasteiger partial charge is 0.251 e. The van der Waals surface area contributed by atoms with Gasteiger partial charge in [0.1, 0.15) is 17.3 Å². The van der Waals surface area contributed by atoms with Crippen LogP contribution in [0.4, 0.5) is 5.82 Å². The lowest BCUT2D eigenvalue weighted by atomic mass is 10.2. The van der Waals surface area contributed by atoms with Crippen molar-refractivity contribution in [2.24, 2.45) is 0 Å². The first-order chi connectivity index (χ1) is 16.1. The van der Waals surface area contributed by atoms with Crippen molar-refractivity contribution in [2.45, 2.75) is 37.9 Å². The van der Waals surface area contributed by atoms with Gasteiger partial charge in [0.05, 0.1) is 32.3 Å². The minimum atomic E-state index is -0.199. The molecule has 1 aromatic carbocycles. The monoisotopic (exact) mass is 470 g/mol. The molecule has 3 aromatic rings. The second kappa shape index (κ2) is 10.7. The first-order valence-electron chi connectivity index (χ1n) is 11.3. The van der Waals surface area contributed by atoms with Crippen LogP contribution in [-0.2, 0) is 6.54 Å². The number of fused-ring (bicyclic) bond motifs is 1. The Morgan fingerprint density at radius 2 is 1.85 bits per heavy atom. The Labute approximate surface area is 197 Å². The molecular formula is C23H30N6O3S. The lowest BCUT2D eigenvalue weighted by Crippen LogP contribution is -2.27. The van der Waals surface area contributed by atoms with Crippen LogP contribution in [0.1, 0.15) is 36.5 Å². The fourth-order valence-corrected chi connectivity index (χ4v) is 4.52. The Morgan fingerprint density at radius 1 is 1.12 bits per heavy atom. The summed E-state index contributed by atoms with van der Waals surface area (Å²) in [5.41, 5.74) is 1.29. The van der Waals surface area contributed by atoms with Crippen LogP contribution in [0.5, 0.6) is 11.5 Å². The number of amides is 1. The maximum absolute atomic E-state index is 12.7. The molecule has 1 saturated heterocycles. The molecule has 176 valence electrons. The van der Waals surface area contributed by atoms with Crippen molar-refractivity contribution in [1.82, 2.24) is 25.1 Å². The highest BCUT2D eigenvalue weighted by atomic mass is 32.2. The highest BCUT2D eigenvalue weighted by Gasteiger charge is 2.21. The van der Waals surface area contributed by atoms with Gasteiger partial charge in [0, 0.05) is 37.0 Å². The number of carbonyl (C=O) groups is 1. The zero-order chi connectivity index (χ0) is 23.2. The molecule has 0 spiro atoms. The Bertz CT molecular complexity index is 1090. The van der Waals surface area contributed by atoms with Gasteiger partial charge >= 0.3 is 0 Å². The molecule has 33 heavy (non-hydrogen) atoms. The Kier molecular flexibility index (Phi) is 7.54. The molecule has 1 fully saturated rings. The molecule has 0 unspecified atom stereocenters. The normalized spacial score (nSPS) is 13.5. The predicted molar refractivity (Wildman–Crippen MR) is 130 cm³/mol. The summed E-state index contributed by atoms with van der Waals surface area (Å²) >= 11 is 1.67. The third kappa shape index (κ3) is 5.32. The quantitative estimate of drug-likeness (QED) is 0.356. The number of thioether (sulfide) groups is 1. The van der Waals surface area contributed by atoms with Gasteiger partial charge in [-0.1, -0.05) is 18.7 Å². The second-order valence-electron chi connectivity index (χ2n) is 7.83. The van der Waals surface area contributed by atoms with E-state index in [9.17, 15) is 4.79 Å². The van der Waals surface area contributed by atoms with E-state index in [1.54, 1.807) is 44.2 Å². The molecule has 10 heteroatoms. The summed E-state index contributed by atoms with van der Waals surface area (Å²) in [5, 5.41) is 9.25. The summed E-state index contributed by atoms with van der Waals surface area (Å²) in [7, 11) is 3.12. The van der Waals surface area contributed by atoms with Gasteiger partial charge in [0.2, 0.25) is 0 Å². The molecule has 1 amide bonds. The Hall–Kier alpha value is -3.01. The van der Waals surface area contributed by atoms with Crippen LogP contribution < -0.4 is 19.7 Å². The lowest BCUT2D eigenvalue weighted by molar-refractivity contribution is 0.0951. The standard InChI is InChI=1S/C23H30N6O3S/c1-4-11-33-23-26-20(28-8-5-6-9-28)19-15-25-29(21(19)27-23)10-7-24-22(30)16-12-17(31-2)14-18(13-16)32-3/h12-15H,4-11H2,1-3H3,(H,24,30). The first-order valence-corrected chi connectivity index (χ1v) is 12.2. The number of ether oxygens (including phenoxy) is 2. The number of anilines is 1. The molecule has 9 nitrogen and oxygen atoms in total. The number of nitrogens with one attached hydrogen (secondary N) is 1. The van der Waals surface area contributed by atoms with Crippen molar-refractivity contribution in [1.29, 1.82) is 0 Å². The van der Waals surface area contributed by atoms with E-state index in [1.165, 1.54) is 12.8 Å². The molecule has 1 N–H and O–H groups in total. The van der Waals surface area contributed by atoms with E-state index in [-0.39, 0.29) is 5.91 Å². The van der Waals surface area contributed by atoms with Crippen LogP contribution >= 0.6 is 11.8 Å². The molecule has 3 heterocycles. The number of carbonyl (C=O) groups excluding carboxylic acids is 1. The first kappa shape index (κ1) is 23.2. The van der Waals surface area contributed by atoms with Crippen molar-refractivity contribution in [3.63, 3.8) is 0 Å². The Balaban J connectivity index is 1.50. The number of aromatic nitrogens is 4. The van der Waals surface area contributed by atoms with Gasteiger partial charge < -0.3 is 19.7 Å². The molecule has 0 atom stereocenters. The van der Waals surface area contributed by atoms with E-state index in [2.05, 4.69) is 22.2 Å². The molecule has 0 radical (unpaired) electrons. The predicted octanol–water partition coefficient (Wildman–Crippen LogP) is 3.38. The lowest BCUT2D eigenvalue weighted by Gasteiger charge is -2.18. The van der Waals surface area contributed by atoms with Gasteiger partial charge in [-0.25, -0.2) is 14.6 Å². The van der Waals surface area contributed by atoms with Crippen LogP contribution in [0.15, 0.2) is 29.6 Å². The van der Waals surface area contributed by atoms with Gasteiger partial charge in [-0.15, -0.1) is 0 Å². The highest BCUT2D eigenvalue weighted by molar-refractivity contribution is 7.99. The van der Waals surface area contributed by atoms with Crippen molar-refractivity contribution >= 4 is 34.5 Å². The van der Waals surface area contributed by atoms with Crippen LogP contribution in [0.3, 0.4) is 0 Å². The molecule has 4 rings (SSSR count). The largest absolute Gasteiger partial charge is 0.497 e. The zero-order valence-corrected chi connectivity index (χ0v) is 20.2. The van der Waals surface area contributed by atoms with Crippen LogP contribution in [-0.4, -0.2) is 65.3 Å². The van der Waals surface area contributed by atoms with Gasteiger partial charge in [-0.05, 0) is 31.4 Å². The van der Waals surface area contributed by atoms with E-state index in [0.717, 1.165) is 47.3 Å². The van der Waals surface area contributed by atoms with Gasteiger partial charge in [0.25, 0.3) is 5.91 Å². The minimum absolute atomic E-state index is 0.199. The van der Waals surface area contributed by atoms with Gasteiger partial charge in [-0.3, -0.25) is 4.79 Å². The fraction of sp³-hybridized carbons (Fsp3) is 0.478. The molecule has 2 aromatic heterocycles. The molecule has 0 saturated carbocycles. The maximum Gasteiger partial charge on any atom is 0.251 e. The number of hydrogen-bond acceptors (Lipinski definition) is 8. The third-order valence-electron chi connectivity index (χ3n) is 5.52. The highest BCUT2D eigenvalue weighted by Crippen LogP contribution is 2.29. The van der Waals surface area contributed by atoms with Crippen LogP contribution in [0.25, 0.3) is 11.0 Å². The average molecular weight is 471 g/mol. The third-order valence-corrected chi connectivity index (χ3v) is 6.57. The average Bonchev–Trinajstić information content (AvgIpc) is 3.52. The number of nitrogens with zero attached hydrogens (tertiary/aromatic N) is 5. The summed E-state index contributed by atoms with van der Waals surface area (Å²) in [4.78, 5) is 24.6. The fourth-order valence-electron chi connectivity index (χ4n) is 3.83. The van der Waals surface area contributed by atoms with Crippen LogP contribution in [0.2, 0.25) is 0 Å². The number of methoxy groups -OCH3 is 2. The SMILES string of the molecule is CCCSc1nc(N2CCCC2)c2cnn(CCNC(=O)c3cc(OC)cc(OC)c3)c2n1. The Morgan fingerprint density at radius 3 is 2.52 bits per heavy atom. The maximum atomic E-state index is 12.7. The van der Waals surface area contributed by atoms with E-state index < -0.39 is 0 Å². The van der Waals surface area contributed by atoms with Crippen molar-refractivity contribution in [3.05, 3.63) is 30.0 Å². The van der Waals surface area contributed by atoms with Crippen LogP contribution in [0, 0.1) is 0 Å². The number of benzene rings is 1. The second-order valence-corrected chi connectivity index (χ2v) is 8.90. The summed E-state index contributed by atoms with van der Waals surface area (Å²) in [6.07, 6.45) is 5.26. The number of rotatable bonds is 10. The van der Waals surface area contributed by atoms with Crippen molar-refractivity contribution in [3.8, 4) is 11.5 Å². The zero-order valence-electron chi connectivity index (χ0n) is 19.3. The van der Waals surface area contributed by atoms with E-state index in [0.29, 0.717) is 30.2 Å². The van der Waals surface area contributed by atoms with Gasteiger partial charge in [-0.2, -0.15) is 5.10 Å². The van der Waals surface area contributed by atoms with E-state index in [4.69, 9.17) is 19.4 Å². The van der Waals surface area contributed by atoms with E-state index in [1.807, 2.05) is 10.9 Å². The summed E-state index contributed by atoms with van der Waals surface area (Å²) in [6, 6.07) is 5.11. The molecule has 0 aliphatic carbocycles. The number of hydrogen-bond donors (Lipinski definition) is 1. The van der Waals surface area contributed by atoms with Gasteiger partial charge in [0.15, 0.2) is 10.8 Å².